The third kappa shape index (κ3) is 5.57. The van der Waals surface area contributed by atoms with Gasteiger partial charge in [-0.05, 0) is 38.0 Å². The van der Waals surface area contributed by atoms with Crippen molar-refractivity contribution < 1.29 is 9.59 Å². The highest BCUT2D eigenvalue weighted by molar-refractivity contribution is 7.99. The van der Waals surface area contributed by atoms with Gasteiger partial charge in [0.25, 0.3) is 0 Å². The number of carbonyl (C=O) groups is 2. The molecule has 0 aliphatic carbocycles. The molecule has 1 fully saturated rings. The first kappa shape index (κ1) is 20.9. The van der Waals surface area contributed by atoms with Crippen LogP contribution in [0, 0.1) is 11.3 Å². The fourth-order valence-corrected chi connectivity index (χ4v) is 4.05. The van der Waals surface area contributed by atoms with E-state index in [9.17, 15) is 9.59 Å². The normalized spacial score (nSPS) is 14.3. The van der Waals surface area contributed by atoms with E-state index in [2.05, 4.69) is 21.6 Å². The summed E-state index contributed by atoms with van der Waals surface area (Å²) in [5.41, 5.74) is 1.08. The number of hydrogen-bond donors (Lipinski definition) is 1. The molecule has 1 aliphatic rings. The second-order valence-corrected chi connectivity index (χ2v) is 7.74. The van der Waals surface area contributed by atoms with Crippen molar-refractivity contribution in [3.63, 3.8) is 0 Å². The minimum Gasteiger partial charge on any atom is -0.335 e. The zero-order valence-corrected chi connectivity index (χ0v) is 17.2. The summed E-state index contributed by atoms with van der Waals surface area (Å²) < 4.78 is 1.95. The Morgan fingerprint density at radius 2 is 2.17 bits per heavy atom. The molecule has 0 spiro atoms. The van der Waals surface area contributed by atoms with Crippen LogP contribution in [0.4, 0.5) is 5.69 Å². The Balaban J connectivity index is 1.60. The van der Waals surface area contributed by atoms with E-state index in [1.165, 1.54) is 11.8 Å². The van der Waals surface area contributed by atoms with Gasteiger partial charge in [0, 0.05) is 25.2 Å². The Bertz CT molecular complexity index is 920. The van der Waals surface area contributed by atoms with Gasteiger partial charge in [0.2, 0.25) is 11.8 Å². The first-order valence-corrected chi connectivity index (χ1v) is 10.7. The Kier molecular flexibility index (Phi) is 7.25. The maximum absolute atomic E-state index is 12.3. The molecule has 2 heterocycles. The van der Waals surface area contributed by atoms with Gasteiger partial charge in [-0.2, -0.15) is 5.26 Å². The molecule has 0 unspecified atom stereocenters. The minimum absolute atomic E-state index is 0.168. The van der Waals surface area contributed by atoms with E-state index in [0.29, 0.717) is 35.9 Å². The van der Waals surface area contributed by atoms with Crippen molar-refractivity contribution in [3.05, 3.63) is 35.7 Å². The van der Waals surface area contributed by atoms with Gasteiger partial charge in [0.1, 0.15) is 0 Å². The van der Waals surface area contributed by atoms with Crippen LogP contribution in [0.15, 0.2) is 29.4 Å². The number of amides is 2. The van der Waals surface area contributed by atoms with Crippen LogP contribution in [-0.4, -0.2) is 43.8 Å². The average molecular weight is 413 g/mol. The number of carbonyl (C=O) groups excluding carboxylic acids is 2. The van der Waals surface area contributed by atoms with Gasteiger partial charge in [0.15, 0.2) is 11.0 Å². The van der Waals surface area contributed by atoms with Crippen LogP contribution in [-0.2, 0) is 22.7 Å². The molecule has 1 saturated heterocycles. The molecular formula is C20H24N6O2S. The van der Waals surface area contributed by atoms with E-state index in [-0.39, 0.29) is 17.6 Å². The Labute approximate surface area is 174 Å². The van der Waals surface area contributed by atoms with Crippen molar-refractivity contribution in [2.75, 3.05) is 17.6 Å². The number of likely N-dealkylation sites (tertiary alicyclic amines) is 1. The van der Waals surface area contributed by atoms with Crippen LogP contribution in [0.3, 0.4) is 0 Å². The van der Waals surface area contributed by atoms with E-state index in [4.69, 9.17) is 5.26 Å². The number of thioether (sulfide) groups is 1. The van der Waals surface area contributed by atoms with Gasteiger partial charge >= 0.3 is 0 Å². The number of aromatic nitrogens is 3. The molecule has 1 N–H and O–H groups in total. The average Bonchev–Trinajstić information content (AvgIpc) is 3.00. The fourth-order valence-electron chi connectivity index (χ4n) is 3.23. The number of hydrogen-bond acceptors (Lipinski definition) is 6. The second-order valence-electron chi connectivity index (χ2n) is 6.80. The third-order valence-electron chi connectivity index (χ3n) is 4.72. The maximum atomic E-state index is 12.3. The summed E-state index contributed by atoms with van der Waals surface area (Å²) in [7, 11) is 0. The highest BCUT2D eigenvalue weighted by Crippen LogP contribution is 2.20. The first-order chi connectivity index (χ1) is 14.1. The Morgan fingerprint density at radius 1 is 1.31 bits per heavy atom. The number of benzene rings is 1. The quantitative estimate of drug-likeness (QED) is 0.701. The molecule has 0 bridgehead atoms. The zero-order valence-electron chi connectivity index (χ0n) is 16.4. The fraction of sp³-hybridized carbons (Fsp3) is 0.450. The van der Waals surface area contributed by atoms with Crippen molar-refractivity contribution in [2.45, 2.75) is 50.9 Å². The summed E-state index contributed by atoms with van der Waals surface area (Å²) in [6.45, 7) is 3.86. The molecule has 1 aromatic heterocycles. The van der Waals surface area contributed by atoms with Crippen molar-refractivity contribution in [3.8, 4) is 6.07 Å². The number of nitriles is 1. The van der Waals surface area contributed by atoms with Gasteiger partial charge < -0.3 is 14.8 Å². The Hall–Kier alpha value is -2.86. The van der Waals surface area contributed by atoms with Crippen molar-refractivity contribution >= 4 is 29.3 Å². The summed E-state index contributed by atoms with van der Waals surface area (Å²) in [6, 6.07) is 8.84. The molecule has 0 radical (unpaired) electrons. The molecule has 9 heteroatoms. The van der Waals surface area contributed by atoms with E-state index < -0.39 is 0 Å². The molecule has 8 nitrogen and oxygen atoms in total. The maximum Gasteiger partial charge on any atom is 0.234 e. The van der Waals surface area contributed by atoms with Crippen molar-refractivity contribution in [1.82, 2.24) is 19.7 Å². The second kappa shape index (κ2) is 10.1. The lowest BCUT2D eigenvalue weighted by atomic mass is 10.2. The van der Waals surface area contributed by atoms with Gasteiger partial charge in [-0.3, -0.25) is 9.59 Å². The smallest absolute Gasteiger partial charge is 0.234 e. The molecule has 0 atom stereocenters. The predicted molar refractivity (Wildman–Crippen MR) is 110 cm³/mol. The highest BCUT2D eigenvalue weighted by Gasteiger charge is 2.21. The SMILES string of the molecule is CCn1c(CN2CCCCCC2=O)nnc1SCC(=O)Nc1cccc(C#N)c1. The van der Waals surface area contributed by atoms with Gasteiger partial charge in [-0.15, -0.1) is 10.2 Å². The zero-order chi connectivity index (χ0) is 20.6. The number of nitrogens with zero attached hydrogens (tertiary/aromatic N) is 5. The monoisotopic (exact) mass is 412 g/mol. The molecule has 152 valence electrons. The van der Waals surface area contributed by atoms with Crippen molar-refractivity contribution in [1.29, 1.82) is 5.26 Å². The van der Waals surface area contributed by atoms with Gasteiger partial charge in [-0.25, -0.2) is 0 Å². The summed E-state index contributed by atoms with van der Waals surface area (Å²) in [5.74, 6) is 0.908. The molecule has 1 aliphatic heterocycles. The highest BCUT2D eigenvalue weighted by atomic mass is 32.2. The molecule has 0 saturated carbocycles. The summed E-state index contributed by atoms with van der Waals surface area (Å²) in [5, 5.41) is 20.9. The molecule has 3 rings (SSSR count). The van der Waals surface area contributed by atoms with Crippen LogP contribution in [0.25, 0.3) is 0 Å². The van der Waals surface area contributed by atoms with Crippen LogP contribution in [0.1, 0.15) is 44.0 Å². The van der Waals surface area contributed by atoms with Gasteiger partial charge in [-0.1, -0.05) is 24.2 Å². The Morgan fingerprint density at radius 3 is 2.97 bits per heavy atom. The lowest BCUT2D eigenvalue weighted by molar-refractivity contribution is -0.131. The van der Waals surface area contributed by atoms with Crippen LogP contribution >= 0.6 is 11.8 Å². The molecule has 2 aromatic rings. The predicted octanol–water partition coefficient (Wildman–Crippen LogP) is 2.80. The molecule has 2 amide bonds. The third-order valence-corrected chi connectivity index (χ3v) is 5.69. The molecule has 29 heavy (non-hydrogen) atoms. The summed E-state index contributed by atoms with van der Waals surface area (Å²) in [4.78, 5) is 26.4. The largest absolute Gasteiger partial charge is 0.335 e. The molecular weight excluding hydrogens is 388 g/mol. The number of rotatable bonds is 7. The number of nitrogens with one attached hydrogen (secondary N) is 1. The van der Waals surface area contributed by atoms with Crippen LogP contribution in [0.2, 0.25) is 0 Å². The lowest BCUT2D eigenvalue weighted by Crippen LogP contribution is -2.31. The molecule has 1 aromatic carbocycles. The minimum atomic E-state index is -0.181. The van der Waals surface area contributed by atoms with Crippen LogP contribution < -0.4 is 5.32 Å². The van der Waals surface area contributed by atoms with E-state index in [0.717, 1.165) is 31.6 Å². The van der Waals surface area contributed by atoms with E-state index in [1.807, 2.05) is 16.4 Å². The van der Waals surface area contributed by atoms with E-state index in [1.54, 1.807) is 24.3 Å². The standard InChI is InChI=1S/C20H24N6O2S/c1-2-26-17(13-25-10-5-3-4-9-19(25)28)23-24-20(26)29-14-18(27)22-16-8-6-7-15(11-16)12-21/h6-8,11H,2-5,9-10,13-14H2,1H3,(H,22,27). The first-order valence-electron chi connectivity index (χ1n) is 9.73. The van der Waals surface area contributed by atoms with Crippen molar-refractivity contribution in [2.24, 2.45) is 0 Å². The van der Waals surface area contributed by atoms with E-state index >= 15 is 0 Å². The topological polar surface area (TPSA) is 104 Å². The summed E-state index contributed by atoms with van der Waals surface area (Å²) in [6.07, 6.45) is 3.63. The summed E-state index contributed by atoms with van der Waals surface area (Å²) >= 11 is 1.31. The number of anilines is 1. The van der Waals surface area contributed by atoms with Crippen LogP contribution in [0.5, 0.6) is 0 Å². The lowest BCUT2D eigenvalue weighted by Gasteiger charge is -2.20. The van der Waals surface area contributed by atoms with Gasteiger partial charge in [0.05, 0.1) is 23.9 Å².